The lowest BCUT2D eigenvalue weighted by Crippen LogP contribution is -2.45. The number of rotatable bonds is 4. The van der Waals surface area contributed by atoms with Crippen molar-refractivity contribution in [3.8, 4) is 0 Å². The van der Waals surface area contributed by atoms with Crippen LogP contribution in [0.3, 0.4) is 0 Å². The highest BCUT2D eigenvalue weighted by Gasteiger charge is 2.18. The van der Waals surface area contributed by atoms with Crippen LogP contribution in [0.25, 0.3) is 10.9 Å². The summed E-state index contributed by atoms with van der Waals surface area (Å²) in [5.74, 6) is 0.751. The van der Waals surface area contributed by atoms with Gasteiger partial charge in [0.15, 0.2) is 0 Å². The zero-order chi connectivity index (χ0) is 17.9. The molecule has 3 aromatic rings. The summed E-state index contributed by atoms with van der Waals surface area (Å²) in [5.41, 5.74) is 3.40. The van der Waals surface area contributed by atoms with Crippen LogP contribution in [0, 0.1) is 6.92 Å². The fourth-order valence-electron chi connectivity index (χ4n) is 3.60. The van der Waals surface area contributed by atoms with Crippen LogP contribution >= 0.6 is 0 Å². The predicted octanol–water partition coefficient (Wildman–Crippen LogP) is 2.55. The molecular formula is C21H24N4O. The minimum absolute atomic E-state index is 0.0521. The van der Waals surface area contributed by atoms with Crippen LogP contribution in [0.2, 0.25) is 0 Å². The van der Waals surface area contributed by atoms with Crippen LogP contribution in [-0.2, 0) is 13.1 Å². The molecule has 1 aromatic heterocycles. The third-order valence-electron chi connectivity index (χ3n) is 4.99. The van der Waals surface area contributed by atoms with Gasteiger partial charge in [0.2, 0.25) is 0 Å². The second kappa shape index (κ2) is 7.40. The molecule has 5 nitrogen and oxygen atoms in total. The van der Waals surface area contributed by atoms with Gasteiger partial charge in [-0.25, -0.2) is 4.98 Å². The maximum atomic E-state index is 12.2. The van der Waals surface area contributed by atoms with Crippen LogP contribution in [0.5, 0.6) is 0 Å². The van der Waals surface area contributed by atoms with Crippen molar-refractivity contribution < 1.29 is 0 Å². The molecule has 2 aromatic carbocycles. The number of hydrogen-bond acceptors (Lipinski definition) is 4. The van der Waals surface area contributed by atoms with Crippen molar-refractivity contribution in [3.63, 3.8) is 0 Å². The average molecular weight is 348 g/mol. The van der Waals surface area contributed by atoms with Crippen molar-refractivity contribution in [2.75, 3.05) is 26.2 Å². The molecule has 5 heteroatoms. The van der Waals surface area contributed by atoms with E-state index in [1.807, 2.05) is 24.3 Å². The SMILES string of the molecule is Cc1cccc(CN2CCN(Cc3nc4ccccc4c(=O)[nH]3)CC2)c1. The Morgan fingerprint density at radius 3 is 2.46 bits per heavy atom. The number of hydrogen-bond donors (Lipinski definition) is 1. The number of H-pyrrole nitrogens is 1. The normalized spacial score (nSPS) is 16.2. The van der Waals surface area contributed by atoms with Gasteiger partial charge in [0.1, 0.15) is 5.82 Å². The van der Waals surface area contributed by atoms with Crippen LogP contribution in [0.4, 0.5) is 0 Å². The maximum absolute atomic E-state index is 12.2. The second-order valence-electron chi connectivity index (χ2n) is 7.07. The molecule has 26 heavy (non-hydrogen) atoms. The Balaban J connectivity index is 1.37. The molecule has 0 aliphatic carbocycles. The number of nitrogens with one attached hydrogen (secondary N) is 1. The number of para-hydroxylation sites is 1. The third-order valence-corrected chi connectivity index (χ3v) is 4.99. The number of piperazine rings is 1. The van der Waals surface area contributed by atoms with Gasteiger partial charge in [0.05, 0.1) is 17.4 Å². The topological polar surface area (TPSA) is 52.2 Å². The van der Waals surface area contributed by atoms with Crippen molar-refractivity contribution in [3.05, 3.63) is 75.8 Å². The van der Waals surface area contributed by atoms with Crippen molar-refractivity contribution in [2.45, 2.75) is 20.0 Å². The minimum Gasteiger partial charge on any atom is -0.309 e. The molecule has 1 aliphatic heterocycles. The Morgan fingerprint density at radius 1 is 0.962 bits per heavy atom. The molecule has 1 saturated heterocycles. The molecule has 0 bridgehead atoms. The van der Waals surface area contributed by atoms with Gasteiger partial charge in [-0.1, -0.05) is 42.0 Å². The summed E-state index contributed by atoms with van der Waals surface area (Å²) in [4.78, 5) is 24.6. The molecule has 134 valence electrons. The lowest BCUT2D eigenvalue weighted by Gasteiger charge is -2.34. The molecule has 0 radical (unpaired) electrons. The van der Waals surface area contributed by atoms with Crippen molar-refractivity contribution in [2.24, 2.45) is 0 Å². The second-order valence-corrected chi connectivity index (χ2v) is 7.07. The number of benzene rings is 2. The van der Waals surface area contributed by atoms with E-state index < -0.39 is 0 Å². The summed E-state index contributed by atoms with van der Waals surface area (Å²) < 4.78 is 0. The molecule has 4 rings (SSSR count). The number of aromatic nitrogens is 2. The molecule has 1 fully saturated rings. The lowest BCUT2D eigenvalue weighted by molar-refractivity contribution is 0.120. The summed E-state index contributed by atoms with van der Waals surface area (Å²) in [6, 6.07) is 16.2. The first kappa shape index (κ1) is 16.9. The highest BCUT2D eigenvalue weighted by molar-refractivity contribution is 5.77. The van der Waals surface area contributed by atoms with Gasteiger partial charge in [0.25, 0.3) is 5.56 Å². The summed E-state index contributed by atoms with van der Waals surface area (Å²) in [7, 11) is 0. The van der Waals surface area contributed by atoms with Crippen LogP contribution in [-0.4, -0.2) is 45.9 Å². The summed E-state index contributed by atoms with van der Waals surface area (Å²) in [6.07, 6.45) is 0. The zero-order valence-electron chi connectivity index (χ0n) is 15.1. The summed E-state index contributed by atoms with van der Waals surface area (Å²) >= 11 is 0. The summed E-state index contributed by atoms with van der Waals surface area (Å²) in [6.45, 7) is 7.87. The van der Waals surface area contributed by atoms with E-state index in [4.69, 9.17) is 0 Å². The highest BCUT2D eigenvalue weighted by atomic mass is 16.1. The Morgan fingerprint density at radius 2 is 1.69 bits per heavy atom. The Kier molecular flexibility index (Phi) is 4.82. The van der Waals surface area contributed by atoms with Gasteiger partial charge in [-0.05, 0) is 24.6 Å². The molecule has 0 atom stereocenters. The van der Waals surface area contributed by atoms with Gasteiger partial charge < -0.3 is 4.98 Å². The molecule has 1 N–H and O–H groups in total. The van der Waals surface area contributed by atoms with E-state index in [0.29, 0.717) is 11.9 Å². The molecule has 0 amide bonds. The number of nitrogens with zero attached hydrogens (tertiary/aromatic N) is 3. The van der Waals surface area contributed by atoms with Gasteiger partial charge in [0, 0.05) is 32.7 Å². The molecule has 1 aliphatic rings. The average Bonchev–Trinajstić information content (AvgIpc) is 2.64. The van der Waals surface area contributed by atoms with Gasteiger partial charge in [-0.3, -0.25) is 14.6 Å². The molecular weight excluding hydrogens is 324 g/mol. The maximum Gasteiger partial charge on any atom is 0.258 e. The van der Waals surface area contributed by atoms with E-state index in [2.05, 4.69) is 51.0 Å². The third kappa shape index (κ3) is 3.84. The Hall–Kier alpha value is -2.50. The van der Waals surface area contributed by atoms with E-state index in [1.165, 1.54) is 11.1 Å². The van der Waals surface area contributed by atoms with E-state index in [-0.39, 0.29) is 5.56 Å². The Labute approximate surface area is 153 Å². The first-order chi connectivity index (χ1) is 12.7. The lowest BCUT2D eigenvalue weighted by atomic mass is 10.1. The number of aryl methyl sites for hydroxylation is 1. The fraction of sp³-hybridized carbons (Fsp3) is 0.333. The smallest absolute Gasteiger partial charge is 0.258 e. The molecule has 0 unspecified atom stereocenters. The first-order valence-corrected chi connectivity index (χ1v) is 9.15. The van der Waals surface area contributed by atoms with Crippen LogP contribution < -0.4 is 5.56 Å². The predicted molar refractivity (Wildman–Crippen MR) is 104 cm³/mol. The van der Waals surface area contributed by atoms with Crippen molar-refractivity contribution in [1.29, 1.82) is 0 Å². The molecule has 0 saturated carbocycles. The van der Waals surface area contributed by atoms with E-state index >= 15 is 0 Å². The quantitative estimate of drug-likeness (QED) is 0.787. The van der Waals surface area contributed by atoms with Gasteiger partial charge >= 0.3 is 0 Å². The van der Waals surface area contributed by atoms with Crippen molar-refractivity contribution in [1.82, 2.24) is 19.8 Å². The standard InChI is InChI=1S/C21H24N4O/c1-16-5-4-6-17(13-16)14-24-9-11-25(12-10-24)15-20-22-19-8-3-2-7-18(19)21(26)23-20/h2-8,13H,9-12,14-15H2,1H3,(H,22,23,26). The van der Waals surface area contributed by atoms with Crippen LogP contribution in [0.15, 0.2) is 53.3 Å². The van der Waals surface area contributed by atoms with Crippen LogP contribution in [0.1, 0.15) is 17.0 Å². The minimum atomic E-state index is -0.0521. The van der Waals surface area contributed by atoms with E-state index in [1.54, 1.807) is 0 Å². The van der Waals surface area contributed by atoms with Gasteiger partial charge in [-0.15, -0.1) is 0 Å². The van der Waals surface area contributed by atoms with Gasteiger partial charge in [-0.2, -0.15) is 0 Å². The largest absolute Gasteiger partial charge is 0.309 e. The van der Waals surface area contributed by atoms with E-state index in [0.717, 1.165) is 44.1 Å². The monoisotopic (exact) mass is 348 g/mol. The van der Waals surface area contributed by atoms with Crippen molar-refractivity contribution >= 4 is 10.9 Å². The summed E-state index contributed by atoms with van der Waals surface area (Å²) in [5, 5.41) is 0.652. The molecule has 2 heterocycles. The Bertz CT molecular complexity index is 957. The number of fused-ring (bicyclic) bond motifs is 1. The first-order valence-electron chi connectivity index (χ1n) is 9.15. The fourth-order valence-corrected chi connectivity index (χ4v) is 3.60. The zero-order valence-corrected chi connectivity index (χ0v) is 15.1. The number of aromatic amines is 1. The molecule has 0 spiro atoms. The van der Waals surface area contributed by atoms with E-state index in [9.17, 15) is 4.79 Å². The highest BCUT2D eigenvalue weighted by Crippen LogP contribution is 2.12.